The maximum atomic E-state index is 10.8. The smallest absolute Gasteiger partial charge is 0.240 e. The summed E-state index contributed by atoms with van der Waals surface area (Å²) >= 11 is 0. The standard InChI is InChI=1S/C7H12N2O3/c1-12-3-2-9-4-6(10)8-7(11)5-9/h2-5H2,1H3,(H,8,10,11). The molecule has 1 heterocycles. The lowest BCUT2D eigenvalue weighted by Crippen LogP contribution is -2.52. The molecule has 0 bridgehead atoms. The number of imide groups is 1. The van der Waals surface area contributed by atoms with Crippen molar-refractivity contribution in [1.29, 1.82) is 0 Å². The summed E-state index contributed by atoms with van der Waals surface area (Å²) in [5.74, 6) is -0.468. The summed E-state index contributed by atoms with van der Waals surface area (Å²) in [6.45, 7) is 1.74. The van der Waals surface area contributed by atoms with Crippen molar-refractivity contribution in [3.63, 3.8) is 0 Å². The minimum absolute atomic E-state index is 0.234. The Morgan fingerprint density at radius 1 is 1.42 bits per heavy atom. The molecule has 1 rings (SSSR count). The van der Waals surface area contributed by atoms with Gasteiger partial charge in [-0.2, -0.15) is 0 Å². The van der Waals surface area contributed by atoms with Crippen molar-refractivity contribution in [3.05, 3.63) is 0 Å². The molecule has 1 saturated heterocycles. The van der Waals surface area contributed by atoms with Crippen LogP contribution in [-0.4, -0.2) is 50.1 Å². The predicted molar refractivity (Wildman–Crippen MR) is 41.5 cm³/mol. The molecular weight excluding hydrogens is 160 g/mol. The van der Waals surface area contributed by atoms with Gasteiger partial charge in [-0.3, -0.25) is 19.8 Å². The third-order valence-electron chi connectivity index (χ3n) is 1.62. The molecule has 0 saturated carbocycles. The van der Waals surface area contributed by atoms with E-state index in [4.69, 9.17) is 4.74 Å². The molecule has 1 N–H and O–H groups in total. The van der Waals surface area contributed by atoms with Crippen LogP contribution in [0.15, 0.2) is 0 Å². The normalized spacial score (nSPS) is 19.4. The van der Waals surface area contributed by atoms with Crippen LogP contribution in [0.1, 0.15) is 0 Å². The number of ether oxygens (including phenoxy) is 1. The first kappa shape index (κ1) is 9.15. The fraction of sp³-hybridized carbons (Fsp3) is 0.714. The molecule has 0 aromatic rings. The van der Waals surface area contributed by atoms with Gasteiger partial charge in [0.25, 0.3) is 0 Å². The summed E-state index contributed by atoms with van der Waals surface area (Å²) in [6, 6.07) is 0. The molecular formula is C7H12N2O3. The van der Waals surface area contributed by atoms with Gasteiger partial charge in [0.05, 0.1) is 19.7 Å². The van der Waals surface area contributed by atoms with Crippen molar-refractivity contribution < 1.29 is 14.3 Å². The van der Waals surface area contributed by atoms with E-state index in [0.29, 0.717) is 13.2 Å². The second kappa shape index (κ2) is 4.18. The summed E-state index contributed by atoms with van der Waals surface area (Å²) < 4.78 is 4.83. The first-order chi connectivity index (χ1) is 5.72. The second-order valence-electron chi connectivity index (χ2n) is 2.67. The van der Waals surface area contributed by atoms with Gasteiger partial charge in [-0.1, -0.05) is 0 Å². The minimum atomic E-state index is -0.234. The number of hydrogen-bond donors (Lipinski definition) is 1. The number of carbonyl (C=O) groups is 2. The summed E-state index contributed by atoms with van der Waals surface area (Å²) in [7, 11) is 1.59. The summed E-state index contributed by atoms with van der Waals surface area (Å²) in [5.41, 5.74) is 0. The molecule has 0 aromatic heterocycles. The average molecular weight is 172 g/mol. The number of rotatable bonds is 3. The van der Waals surface area contributed by atoms with Crippen LogP contribution in [-0.2, 0) is 14.3 Å². The van der Waals surface area contributed by atoms with Crippen LogP contribution in [0.4, 0.5) is 0 Å². The summed E-state index contributed by atoms with van der Waals surface area (Å²) in [5, 5.41) is 2.23. The number of nitrogens with zero attached hydrogens (tertiary/aromatic N) is 1. The number of methoxy groups -OCH3 is 1. The zero-order valence-corrected chi connectivity index (χ0v) is 7.00. The van der Waals surface area contributed by atoms with Crippen LogP contribution < -0.4 is 5.32 Å². The number of piperazine rings is 1. The fourth-order valence-electron chi connectivity index (χ4n) is 1.08. The summed E-state index contributed by atoms with van der Waals surface area (Å²) in [4.78, 5) is 23.4. The molecule has 12 heavy (non-hydrogen) atoms. The third-order valence-corrected chi connectivity index (χ3v) is 1.62. The van der Waals surface area contributed by atoms with E-state index >= 15 is 0 Å². The van der Waals surface area contributed by atoms with Gasteiger partial charge in [-0.25, -0.2) is 0 Å². The highest BCUT2D eigenvalue weighted by atomic mass is 16.5. The Bertz CT molecular complexity index is 177. The topological polar surface area (TPSA) is 58.6 Å². The van der Waals surface area contributed by atoms with E-state index < -0.39 is 0 Å². The lowest BCUT2D eigenvalue weighted by atomic mass is 10.3. The molecule has 68 valence electrons. The molecule has 0 aliphatic carbocycles. The van der Waals surface area contributed by atoms with Crippen molar-refractivity contribution >= 4 is 11.8 Å². The van der Waals surface area contributed by atoms with E-state index in [9.17, 15) is 9.59 Å². The molecule has 0 aromatic carbocycles. The van der Waals surface area contributed by atoms with Crippen LogP contribution >= 0.6 is 0 Å². The number of hydrogen-bond acceptors (Lipinski definition) is 4. The van der Waals surface area contributed by atoms with E-state index in [-0.39, 0.29) is 24.9 Å². The Morgan fingerprint density at radius 3 is 2.50 bits per heavy atom. The number of nitrogens with one attached hydrogen (secondary N) is 1. The van der Waals surface area contributed by atoms with Crippen molar-refractivity contribution in [2.45, 2.75) is 0 Å². The van der Waals surface area contributed by atoms with Gasteiger partial charge in [-0.05, 0) is 0 Å². The van der Waals surface area contributed by atoms with Crippen LogP contribution in [0.5, 0.6) is 0 Å². The minimum Gasteiger partial charge on any atom is -0.383 e. The second-order valence-corrected chi connectivity index (χ2v) is 2.67. The zero-order chi connectivity index (χ0) is 8.97. The van der Waals surface area contributed by atoms with Crippen LogP contribution in [0, 0.1) is 0 Å². The molecule has 1 fully saturated rings. The average Bonchev–Trinajstić information content (AvgIpc) is 1.99. The van der Waals surface area contributed by atoms with Gasteiger partial charge < -0.3 is 4.74 Å². The van der Waals surface area contributed by atoms with Crippen molar-refractivity contribution in [1.82, 2.24) is 10.2 Å². The van der Waals surface area contributed by atoms with E-state index in [2.05, 4.69) is 5.32 Å². The Hall–Kier alpha value is -0.940. The van der Waals surface area contributed by atoms with Crippen molar-refractivity contribution in [3.8, 4) is 0 Å². The highest BCUT2D eigenvalue weighted by Crippen LogP contribution is 1.93. The SMILES string of the molecule is COCCN1CC(=O)NC(=O)C1. The van der Waals surface area contributed by atoms with Crippen LogP contribution in [0.25, 0.3) is 0 Å². The van der Waals surface area contributed by atoms with Gasteiger partial charge in [0.1, 0.15) is 0 Å². The van der Waals surface area contributed by atoms with Crippen molar-refractivity contribution in [2.24, 2.45) is 0 Å². The van der Waals surface area contributed by atoms with E-state index in [1.165, 1.54) is 0 Å². The predicted octanol–water partition coefficient (Wildman–Crippen LogP) is -1.41. The Balaban J connectivity index is 2.34. The first-order valence-electron chi connectivity index (χ1n) is 3.76. The molecule has 1 aliphatic heterocycles. The molecule has 0 spiro atoms. The molecule has 0 unspecified atom stereocenters. The first-order valence-corrected chi connectivity index (χ1v) is 3.76. The maximum Gasteiger partial charge on any atom is 0.240 e. The van der Waals surface area contributed by atoms with Crippen LogP contribution in [0.3, 0.4) is 0 Å². The van der Waals surface area contributed by atoms with Gasteiger partial charge in [-0.15, -0.1) is 0 Å². The van der Waals surface area contributed by atoms with E-state index in [1.54, 1.807) is 12.0 Å². The largest absolute Gasteiger partial charge is 0.383 e. The molecule has 2 amide bonds. The molecule has 1 aliphatic rings. The zero-order valence-electron chi connectivity index (χ0n) is 7.00. The Kier molecular flexibility index (Phi) is 3.19. The number of amides is 2. The van der Waals surface area contributed by atoms with Gasteiger partial charge in [0, 0.05) is 13.7 Å². The molecule has 5 nitrogen and oxygen atoms in total. The van der Waals surface area contributed by atoms with Gasteiger partial charge in [0.15, 0.2) is 0 Å². The Labute approximate surface area is 70.7 Å². The lowest BCUT2D eigenvalue weighted by molar-refractivity contribution is -0.136. The van der Waals surface area contributed by atoms with Crippen LogP contribution in [0.2, 0.25) is 0 Å². The maximum absolute atomic E-state index is 10.8. The lowest BCUT2D eigenvalue weighted by Gasteiger charge is -2.24. The summed E-state index contributed by atoms with van der Waals surface area (Å²) in [6.07, 6.45) is 0. The highest BCUT2D eigenvalue weighted by molar-refractivity contribution is 5.99. The Morgan fingerprint density at radius 2 is 2.00 bits per heavy atom. The monoisotopic (exact) mass is 172 g/mol. The van der Waals surface area contributed by atoms with E-state index in [1.807, 2.05) is 0 Å². The quantitative estimate of drug-likeness (QED) is 0.531. The van der Waals surface area contributed by atoms with Gasteiger partial charge >= 0.3 is 0 Å². The van der Waals surface area contributed by atoms with Crippen molar-refractivity contribution in [2.75, 3.05) is 33.4 Å². The highest BCUT2D eigenvalue weighted by Gasteiger charge is 2.21. The van der Waals surface area contributed by atoms with E-state index in [0.717, 1.165) is 0 Å². The van der Waals surface area contributed by atoms with Gasteiger partial charge in [0.2, 0.25) is 11.8 Å². The molecule has 5 heteroatoms. The number of carbonyl (C=O) groups excluding carboxylic acids is 2. The molecule has 0 radical (unpaired) electrons. The third kappa shape index (κ3) is 2.60. The fourth-order valence-corrected chi connectivity index (χ4v) is 1.08. The molecule has 0 atom stereocenters.